The molecule has 4 rings (SSSR count). The summed E-state index contributed by atoms with van der Waals surface area (Å²) in [6.45, 7) is 2.33. The molecule has 0 spiro atoms. The van der Waals surface area contributed by atoms with Crippen LogP contribution in [0.1, 0.15) is 24.5 Å². The maximum atomic E-state index is 2.41. The highest BCUT2D eigenvalue weighted by atomic mass is 31.2. The first-order chi connectivity index (χ1) is 11.9. The summed E-state index contributed by atoms with van der Waals surface area (Å²) in [5, 5.41) is 4.76. The molecule has 3 aromatic rings. The monoisotopic (exact) mass is 331 g/mol. The molecule has 0 radical (unpaired) electrons. The second-order valence-corrected chi connectivity index (χ2v) is 10.2. The Bertz CT molecular complexity index is 788. The van der Waals surface area contributed by atoms with E-state index in [1.54, 1.807) is 21.7 Å². The molecule has 1 aliphatic heterocycles. The Balaban J connectivity index is 2.10. The molecule has 0 saturated heterocycles. The summed E-state index contributed by atoms with van der Waals surface area (Å²) in [6.07, 6.45) is 4.79. The standard InChI is InChI=1S/C23H24P/c1-2-18-24(21-12-4-3-5-13-21)22-14-8-6-10-19(22)16-17-20-11-7-9-15-23(20)24/h3-15H,2,16-18H2,1H3/q+1. The fourth-order valence-corrected chi connectivity index (χ4v) is 9.20. The molecule has 0 amide bonds. The smallest absolute Gasteiger partial charge is 0.0620 e. The Labute approximate surface area is 145 Å². The highest BCUT2D eigenvalue weighted by Crippen LogP contribution is 2.58. The van der Waals surface area contributed by atoms with Crippen molar-refractivity contribution in [1.82, 2.24) is 0 Å². The Hall–Kier alpha value is -1.91. The van der Waals surface area contributed by atoms with E-state index in [-0.39, 0.29) is 0 Å². The highest BCUT2D eigenvalue weighted by molar-refractivity contribution is 7.95. The van der Waals surface area contributed by atoms with Gasteiger partial charge in [-0.05, 0) is 54.7 Å². The molecule has 0 N–H and O–H groups in total. The van der Waals surface area contributed by atoms with Crippen molar-refractivity contribution in [2.45, 2.75) is 26.2 Å². The highest BCUT2D eigenvalue weighted by Gasteiger charge is 2.48. The normalized spacial score (nSPS) is 15.2. The van der Waals surface area contributed by atoms with E-state index in [0.29, 0.717) is 0 Å². The van der Waals surface area contributed by atoms with Crippen molar-refractivity contribution in [2.75, 3.05) is 6.16 Å². The largest absolute Gasteiger partial charge is 0.112 e. The molecule has 0 aromatic heterocycles. The predicted molar refractivity (Wildman–Crippen MR) is 108 cm³/mol. The predicted octanol–water partition coefficient (Wildman–Crippen LogP) is 4.49. The second-order valence-electron chi connectivity index (χ2n) is 6.63. The second kappa shape index (κ2) is 6.54. The lowest BCUT2D eigenvalue weighted by Crippen LogP contribution is -2.35. The summed E-state index contributed by atoms with van der Waals surface area (Å²) >= 11 is 0. The Morgan fingerprint density at radius 2 is 1.17 bits per heavy atom. The Kier molecular flexibility index (Phi) is 4.25. The van der Waals surface area contributed by atoms with E-state index in [9.17, 15) is 0 Å². The fourth-order valence-electron chi connectivity index (χ4n) is 4.25. The number of hydrogen-bond acceptors (Lipinski definition) is 0. The molecule has 1 heterocycles. The maximum absolute atomic E-state index is 2.41. The van der Waals surface area contributed by atoms with E-state index in [4.69, 9.17) is 0 Å². The van der Waals surface area contributed by atoms with Gasteiger partial charge in [0.2, 0.25) is 0 Å². The molecule has 0 unspecified atom stereocenters. The summed E-state index contributed by atoms with van der Waals surface area (Å²) in [4.78, 5) is 0. The molecule has 0 nitrogen and oxygen atoms in total. The molecule has 0 aliphatic carbocycles. The molecular formula is C23H24P+. The van der Waals surface area contributed by atoms with Crippen LogP contribution in [0.2, 0.25) is 0 Å². The van der Waals surface area contributed by atoms with Crippen LogP contribution in [0.5, 0.6) is 0 Å². The summed E-state index contributed by atoms with van der Waals surface area (Å²) in [7, 11) is -1.57. The summed E-state index contributed by atoms with van der Waals surface area (Å²) in [5.74, 6) is 0. The van der Waals surface area contributed by atoms with Crippen LogP contribution in [0.4, 0.5) is 0 Å². The van der Waals surface area contributed by atoms with E-state index in [1.807, 2.05) is 0 Å². The van der Waals surface area contributed by atoms with Gasteiger partial charge in [-0.15, -0.1) is 0 Å². The van der Waals surface area contributed by atoms with Crippen molar-refractivity contribution >= 4 is 23.2 Å². The molecule has 120 valence electrons. The van der Waals surface area contributed by atoms with E-state index < -0.39 is 7.26 Å². The third-order valence-electron chi connectivity index (χ3n) is 5.23. The zero-order chi connectivity index (χ0) is 16.4. The fraction of sp³-hybridized carbons (Fsp3) is 0.217. The van der Waals surface area contributed by atoms with E-state index >= 15 is 0 Å². The average molecular weight is 331 g/mol. The van der Waals surface area contributed by atoms with Crippen LogP contribution in [-0.4, -0.2) is 6.16 Å². The molecule has 3 aromatic carbocycles. The summed E-state index contributed by atoms with van der Waals surface area (Å²) in [5.41, 5.74) is 3.11. The Morgan fingerprint density at radius 1 is 0.667 bits per heavy atom. The average Bonchev–Trinajstić information content (AvgIpc) is 2.79. The van der Waals surface area contributed by atoms with Crippen molar-refractivity contribution < 1.29 is 0 Å². The van der Waals surface area contributed by atoms with Gasteiger partial charge in [-0.1, -0.05) is 61.5 Å². The van der Waals surface area contributed by atoms with Crippen LogP contribution < -0.4 is 15.9 Å². The van der Waals surface area contributed by atoms with E-state index in [1.165, 1.54) is 17.9 Å². The van der Waals surface area contributed by atoms with Crippen molar-refractivity contribution in [3.05, 3.63) is 90.0 Å². The van der Waals surface area contributed by atoms with Gasteiger partial charge in [-0.3, -0.25) is 0 Å². The molecule has 24 heavy (non-hydrogen) atoms. The van der Waals surface area contributed by atoms with Crippen molar-refractivity contribution in [3.63, 3.8) is 0 Å². The van der Waals surface area contributed by atoms with Gasteiger partial charge in [0.1, 0.15) is 23.2 Å². The van der Waals surface area contributed by atoms with Crippen molar-refractivity contribution in [1.29, 1.82) is 0 Å². The van der Waals surface area contributed by atoms with Crippen LogP contribution >= 0.6 is 7.26 Å². The van der Waals surface area contributed by atoms with Gasteiger partial charge < -0.3 is 0 Å². The quantitative estimate of drug-likeness (QED) is 0.620. The molecule has 1 aliphatic rings. The molecule has 0 saturated carbocycles. The van der Waals surface area contributed by atoms with Gasteiger partial charge >= 0.3 is 0 Å². The minimum atomic E-state index is -1.57. The lowest BCUT2D eigenvalue weighted by molar-refractivity contribution is 0.977. The van der Waals surface area contributed by atoms with Gasteiger partial charge in [0.15, 0.2) is 0 Å². The van der Waals surface area contributed by atoms with Gasteiger partial charge in [-0.25, -0.2) is 0 Å². The minimum Gasteiger partial charge on any atom is -0.0620 e. The van der Waals surface area contributed by atoms with Gasteiger partial charge in [0.05, 0.1) is 6.16 Å². The lowest BCUT2D eigenvalue weighted by atomic mass is 10.0. The molecule has 1 heteroatoms. The zero-order valence-electron chi connectivity index (χ0n) is 14.3. The SMILES string of the molecule is CCC[P+]1(c2ccccc2)c2ccccc2CCc2ccccc21. The van der Waals surface area contributed by atoms with Crippen LogP contribution in [0.3, 0.4) is 0 Å². The first kappa shape index (κ1) is 15.6. The zero-order valence-corrected chi connectivity index (χ0v) is 15.2. The first-order valence-corrected chi connectivity index (χ1v) is 10.9. The van der Waals surface area contributed by atoms with Crippen molar-refractivity contribution in [2.24, 2.45) is 0 Å². The summed E-state index contributed by atoms with van der Waals surface area (Å²) < 4.78 is 0. The molecular weight excluding hydrogens is 307 g/mol. The van der Waals surface area contributed by atoms with Crippen molar-refractivity contribution in [3.8, 4) is 0 Å². The van der Waals surface area contributed by atoms with E-state index in [0.717, 1.165) is 12.8 Å². The molecule has 0 fully saturated rings. The number of aryl methyl sites for hydroxylation is 2. The lowest BCUT2D eigenvalue weighted by Gasteiger charge is -2.28. The first-order valence-electron chi connectivity index (χ1n) is 8.97. The third kappa shape index (κ3) is 2.41. The van der Waals surface area contributed by atoms with E-state index in [2.05, 4.69) is 85.8 Å². The third-order valence-corrected chi connectivity index (χ3v) is 10.0. The maximum Gasteiger partial charge on any atom is 0.112 e. The summed E-state index contributed by atoms with van der Waals surface area (Å²) in [6, 6.07) is 29.7. The number of rotatable bonds is 3. The molecule has 0 atom stereocenters. The topological polar surface area (TPSA) is 0 Å². The Morgan fingerprint density at radius 3 is 1.71 bits per heavy atom. The minimum absolute atomic E-state index is 1.16. The van der Waals surface area contributed by atoms with Crippen LogP contribution in [0, 0.1) is 0 Å². The number of benzene rings is 3. The van der Waals surface area contributed by atoms with Crippen LogP contribution in [-0.2, 0) is 12.8 Å². The van der Waals surface area contributed by atoms with Crippen LogP contribution in [0.15, 0.2) is 78.9 Å². The van der Waals surface area contributed by atoms with Gasteiger partial charge in [0.25, 0.3) is 0 Å². The number of fused-ring (bicyclic) bond motifs is 2. The van der Waals surface area contributed by atoms with Crippen LogP contribution in [0.25, 0.3) is 0 Å². The van der Waals surface area contributed by atoms with Gasteiger partial charge in [-0.2, -0.15) is 0 Å². The number of hydrogen-bond donors (Lipinski definition) is 0. The van der Waals surface area contributed by atoms with Gasteiger partial charge in [0, 0.05) is 0 Å². The molecule has 0 bridgehead atoms.